The van der Waals surface area contributed by atoms with Crippen molar-refractivity contribution in [3.8, 4) is 0 Å². The highest BCUT2D eigenvalue weighted by Crippen LogP contribution is 2.35. The highest BCUT2D eigenvalue weighted by molar-refractivity contribution is 7.89. The Morgan fingerprint density at radius 1 is 1.40 bits per heavy atom. The summed E-state index contributed by atoms with van der Waals surface area (Å²) in [6.45, 7) is 0.519. The van der Waals surface area contributed by atoms with Crippen LogP contribution in [0.3, 0.4) is 0 Å². The van der Waals surface area contributed by atoms with Gasteiger partial charge in [-0.05, 0) is 36.4 Å². The van der Waals surface area contributed by atoms with Crippen LogP contribution in [0.15, 0.2) is 39.2 Å². The van der Waals surface area contributed by atoms with Crippen molar-refractivity contribution in [1.29, 1.82) is 0 Å². The zero-order chi connectivity index (χ0) is 14.2. The number of hydrogen-bond acceptors (Lipinski definition) is 5. The molecule has 0 amide bonds. The molecule has 5 nitrogen and oxygen atoms in total. The second kappa shape index (κ2) is 5.33. The minimum atomic E-state index is -3.51. The number of rotatable bonds is 6. The van der Waals surface area contributed by atoms with Crippen LogP contribution in [0.2, 0.25) is 0 Å². The molecule has 2 N–H and O–H groups in total. The van der Waals surface area contributed by atoms with E-state index in [1.54, 1.807) is 29.8 Å². The minimum Gasteiger partial charge on any atom is -0.468 e. The van der Waals surface area contributed by atoms with Crippen molar-refractivity contribution in [2.24, 2.45) is 5.73 Å². The lowest BCUT2D eigenvalue weighted by Gasteiger charge is -2.20. The van der Waals surface area contributed by atoms with Gasteiger partial charge in [-0.1, -0.05) is 0 Å². The molecule has 1 aliphatic carbocycles. The lowest BCUT2D eigenvalue weighted by molar-refractivity contribution is 0.356. The van der Waals surface area contributed by atoms with Gasteiger partial charge in [0.2, 0.25) is 10.0 Å². The third kappa shape index (κ3) is 2.54. The van der Waals surface area contributed by atoms with Crippen LogP contribution in [0.5, 0.6) is 0 Å². The van der Waals surface area contributed by atoms with Gasteiger partial charge < -0.3 is 10.2 Å². The zero-order valence-corrected chi connectivity index (χ0v) is 12.5. The molecule has 2 heterocycles. The van der Waals surface area contributed by atoms with Crippen LogP contribution in [-0.4, -0.2) is 18.8 Å². The summed E-state index contributed by atoms with van der Waals surface area (Å²) in [6.07, 6.45) is 3.37. The first-order chi connectivity index (χ1) is 9.63. The number of thiophene rings is 1. The molecule has 2 aromatic rings. The second-order valence-electron chi connectivity index (χ2n) is 4.77. The van der Waals surface area contributed by atoms with Crippen LogP contribution in [0.25, 0.3) is 0 Å². The third-order valence-corrected chi connectivity index (χ3v) is 6.38. The molecule has 0 spiro atoms. The topological polar surface area (TPSA) is 76.5 Å². The van der Waals surface area contributed by atoms with Crippen molar-refractivity contribution in [2.75, 3.05) is 0 Å². The molecule has 7 heteroatoms. The zero-order valence-electron chi connectivity index (χ0n) is 10.9. The molecule has 3 rings (SSSR count). The van der Waals surface area contributed by atoms with E-state index in [-0.39, 0.29) is 19.1 Å². The molecule has 108 valence electrons. The number of nitrogens with zero attached hydrogens (tertiary/aromatic N) is 1. The minimum absolute atomic E-state index is 0.0793. The fourth-order valence-electron chi connectivity index (χ4n) is 2.16. The van der Waals surface area contributed by atoms with Crippen molar-refractivity contribution in [3.05, 3.63) is 40.5 Å². The molecule has 0 saturated heterocycles. The lowest BCUT2D eigenvalue weighted by atomic mass is 10.4. The van der Waals surface area contributed by atoms with E-state index in [1.807, 2.05) is 0 Å². The van der Waals surface area contributed by atoms with Crippen molar-refractivity contribution < 1.29 is 12.8 Å². The Hall–Kier alpha value is -1.15. The van der Waals surface area contributed by atoms with Gasteiger partial charge in [0, 0.05) is 17.5 Å². The lowest BCUT2D eigenvalue weighted by Crippen LogP contribution is -2.33. The average molecular weight is 312 g/mol. The van der Waals surface area contributed by atoms with Gasteiger partial charge in [0.25, 0.3) is 0 Å². The Labute approximate surface area is 122 Å². The third-order valence-electron chi connectivity index (χ3n) is 3.32. The molecule has 0 atom stereocenters. The summed E-state index contributed by atoms with van der Waals surface area (Å²) < 4.78 is 32.5. The highest BCUT2D eigenvalue weighted by Gasteiger charge is 2.39. The second-order valence-corrected chi connectivity index (χ2v) is 7.63. The Kier molecular flexibility index (Phi) is 3.68. The smallest absolute Gasteiger partial charge is 0.244 e. The van der Waals surface area contributed by atoms with Gasteiger partial charge in [0.15, 0.2) is 0 Å². The largest absolute Gasteiger partial charge is 0.468 e. The summed E-state index contributed by atoms with van der Waals surface area (Å²) in [4.78, 5) is 1.04. The first-order valence-corrected chi connectivity index (χ1v) is 8.75. The SMILES string of the molecule is NCc1sccc1S(=O)(=O)N(Cc1ccco1)C1CC1. The summed E-state index contributed by atoms with van der Waals surface area (Å²) >= 11 is 1.38. The predicted molar refractivity (Wildman–Crippen MR) is 76.7 cm³/mol. The quantitative estimate of drug-likeness (QED) is 0.886. The Bertz CT molecular complexity index is 672. The molecule has 2 aromatic heterocycles. The summed E-state index contributed by atoms with van der Waals surface area (Å²) in [5.41, 5.74) is 5.63. The van der Waals surface area contributed by atoms with E-state index < -0.39 is 10.0 Å². The van der Waals surface area contributed by atoms with Crippen molar-refractivity contribution in [2.45, 2.75) is 36.9 Å². The first-order valence-electron chi connectivity index (χ1n) is 6.43. The Morgan fingerprint density at radius 2 is 2.20 bits per heavy atom. The fourth-order valence-corrected chi connectivity index (χ4v) is 5.12. The standard InChI is InChI=1S/C13H16N2O3S2/c14-8-12-13(5-7-19-12)20(16,17)15(10-3-4-10)9-11-2-1-6-18-11/h1-2,5-7,10H,3-4,8-9,14H2. The molecule has 0 aliphatic heterocycles. The van der Waals surface area contributed by atoms with Crippen LogP contribution in [0.1, 0.15) is 23.5 Å². The summed E-state index contributed by atoms with van der Waals surface area (Å²) in [5.74, 6) is 0.657. The molecular weight excluding hydrogens is 296 g/mol. The molecule has 0 unspecified atom stereocenters. The molecule has 0 radical (unpaired) electrons. The van der Waals surface area contributed by atoms with Crippen LogP contribution in [-0.2, 0) is 23.1 Å². The fraction of sp³-hybridized carbons (Fsp3) is 0.385. The van der Waals surface area contributed by atoms with Crippen LogP contribution >= 0.6 is 11.3 Å². The maximum atomic E-state index is 12.8. The van der Waals surface area contributed by atoms with E-state index >= 15 is 0 Å². The van der Waals surface area contributed by atoms with E-state index in [0.717, 1.165) is 12.8 Å². The summed E-state index contributed by atoms with van der Waals surface area (Å²) in [7, 11) is -3.51. The van der Waals surface area contributed by atoms with Crippen LogP contribution in [0.4, 0.5) is 0 Å². The van der Waals surface area contributed by atoms with E-state index in [9.17, 15) is 8.42 Å². The van der Waals surface area contributed by atoms with Gasteiger partial charge in [-0.2, -0.15) is 4.31 Å². The number of hydrogen-bond donors (Lipinski definition) is 1. The molecule has 0 bridgehead atoms. The number of sulfonamides is 1. The normalized spacial score (nSPS) is 15.9. The van der Waals surface area contributed by atoms with E-state index in [1.165, 1.54) is 15.6 Å². The van der Waals surface area contributed by atoms with Crippen molar-refractivity contribution in [3.63, 3.8) is 0 Å². The molecule has 1 fully saturated rings. The van der Waals surface area contributed by atoms with E-state index in [4.69, 9.17) is 10.2 Å². The molecule has 20 heavy (non-hydrogen) atoms. The maximum absolute atomic E-state index is 12.8. The molecule has 1 aliphatic rings. The Morgan fingerprint density at radius 3 is 2.80 bits per heavy atom. The van der Waals surface area contributed by atoms with E-state index in [0.29, 0.717) is 15.5 Å². The predicted octanol–water partition coefficient (Wildman–Crippen LogP) is 2.15. The van der Waals surface area contributed by atoms with Gasteiger partial charge in [-0.15, -0.1) is 11.3 Å². The van der Waals surface area contributed by atoms with Gasteiger partial charge >= 0.3 is 0 Å². The summed E-state index contributed by atoms with van der Waals surface area (Å²) in [5, 5.41) is 1.77. The van der Waals surface area contributed by atoms with Crippen molar-refractivity contribution in [1.82, 2.24) is 4.31 Å². The van der Waals surface area contributed by atoms with Crippen molar-refractivity contribution >= 4 is 21.4 Å². The number of furan rings is 1. The van der Waals surface area contributed by atoms with Crippen LogP contribution < -0.4 is 5.73 Å². The maximum Gasteiger partial charge on any atom is 0.244 e. The van der Waals surface area contributed by atoms with Gasteiger partial charge in [0.1, 0.15) is 5.76 Å². The highest BCUT2D eigenvalue weighted by atomic mass is 32.2. The number of nitrogens with two attached hydrogens (primary N) is 1. The van der Waals surface area contributed by atoms with Gasteiger partial charge in [0.05, 0.1) is 17.7 Å². The van der Waals surface area contributed by atoms with Crippen LogP contribution in [0, 0.1) is 0 Å². The molecule has 1 saturated carbocycles. The first kappa shape index (κ1) is 13.8. The monoisotopic (exact) mass is 312 g/mol. The summed E-state index contributed by atoms with van der Waals surface area (Å²) in [6, 6.07) is 5.28. The average Bonchev–Trinajstić information content (AvgIpc) is 2.95. The van der Waals surface area contributed by atoms with Gasteiger partial charge in [-0.25, -0.2) is 8.42 Å². The van der Waals surface area contributed by atoms with E-state index in [2.05, 4.69) is 0 Å². The Balaban J connectivity index is 1.94. The van der Waals surface area contributed by atoms with Gasteiger partial charge in [-0.3, -0.25) is 0 Å². The molecule has 0 aromatic carbocycles. The molecular formula is C13H16N2O3S2.